The van der Waals surface area contributed by atoms with E-state index in [0.29, 0.717) is 19.8 Å². The number of carbonyl (C=O) groups is 2. The summed E-state index contributed by atoms with van der Waals surface area (Å²) in [5.74, 6) is 0.290. The summed E-state index contributed by atoms with van der Waals surface area (Å²) in [5, 5.41) is 9.17. The predicted octanol–water partition coefficient (Wildman–Crippen LogP) is 14.9. The zero-order valence-electron chi connectivity index (χ0n) is 38.8. The number of unbranched alkanes of at least 4 members (excludes halogenated alkanes) is 24. The van der Waals surface area contributed by atoms with Crippen molar-refractivity contribution in [3.05, 3.63) is 12.2 Å². The van der Waals surface area contributed by atoms with Crippen LogP contribution in [-0.2, 0) is 19.1 Å². The summed E-state index contributed by atoms with van der Waals surface area (Å²) in [7, 11) is 0. The van der Waals surface area contributed by atoms with E-state index in [1.807, 2.05) is 0 Å². The van der Waals surface area contributed by atoms with Crippen LogP contribution in [-0.4, -0.2) is 61.4 Å². The number of aliphatic hydroxyl groups is 1. The second-order valence-electron chi connectivity index (χ2n) is 17.4. The van der Waals surface area contributed by atoms with Crippen molar-refractivity contribution in [3.8, 4) is 0 Å². The molecule has 0 heterocycles. The highest BCUT2D eigenvalue weighted by Crippen LogP contribution is 2.22. The van der Waals surface area contributed by atoms with Gasteiger partial charge in [-0.05, 0) is 104 Å². The molecule has 0 radical (unpaired) electrons. The number of aliphatic hydroxyl groups excluding tert-OH is 1. The van der Waals surface area contributed by atoms with Crippen molar-refractivity contribution in [1.82, 2.24) is 4.90 Å². The molecule has 0 saturated carbocycles. The van der Waals surface area contributed by atoms with Crippen LogP contribution in [0.1, 0.15) is 252 Å². The maximum atomic E-state index is 13.0. The highest BCUT2D eigenvalue weighted by molar-refractivity contribution is 5.72. The average molecular weight is 806 g/mol. The summed E-state index contributed by atoms with van der Waals surface area (Å²) in [5.41, 5.74) is 0. The first kappa shape index (κ1) is 55.6. The number of carbonyl (C=O) groups excluding carboxylic acids is 2. The molecule has 0 fully saturated rings. The van der Waals surface area contributed by atoms with Crippen LogP contribution < -0.4 is 0 Å². The Bertz CT molecular complexity index is 863. The van der Waals surface area contributed by atoms with E-state index in [9.17, 15) is 14.7 Å². The molecule has 57 heavy (non-hydrogen) atoms. The average Bonchev–Trinajstić information content (AvgIpc) is 3.21. The van der Waals surface area contributed by atoms with Gasteiger partial charge in [0.2, 0.25) is 0 Å². The van der Waals surface area contributed by atoms with Crippen LogP contribution >= 0.6 is 0 Å². The maximum absolute atomic E-state index is 13.0. The van der Waals surface area contributed by atoms with E-state index in [1.165, 1.54) is 128 Å². The fourth-order valence-corrected chi connectivity index (χ4v) is 8.04. The summed E-state index contributed by atoms with van der Waals surface area (Å²) in [4.78, 5) is 28.7. The van der Waals surface area contributed by atoms with Gasteiger partial charge in [0.15, 0.2) is 0 Å². The topological polar surface area (TPSA) is 76.1 Å². The van der Waals surface area contributed by atoms with Gasteiger partial charge in [0.1, 0.15) is 0 Å². The Morgan fingerprint density at radius 3 is 1.19 bits per heavy atom. The molecule has 0 aliphatic carbocycles. The van der Waals surface area contributed by atoms with Crippen LogP contribution in [0.4, 0.5) is 0 Å². The highest BCUT2D eigenvalue weighted by atomic mass is 16.5. The van der Waals surface area contributed by atoms with Gasteiger partial charge in [-0.3, -0.25) is 9.59 Å². The van der Waals surface area contributed by atoms with Crippen LogP contribution in [0.25, 0.3) is 0 Å². The van der Waals surface area contributed by atoms with E-state index in [0.717, 1.165) is 116 Å². The zero-order chi connectivity index (χ0) is 41.7. The number of hydrogen-bond donors (Lipinski definition) is 1. The summed E-state index contributed by atoms with van der Waals surface area (Å²) in [6, 6.07) is 0. The van der Waals surface area contributed by atoms with Crippen molar-refractivity contribution in [3.63, 3.8) is 0 Å². The fraction of sp³-hybridized carbons (Fsp3) is 0.922. The molecule has 1 N–H and O–H groups in total. The fourth-order valence-electron chi connectivity index (χ4n) is 8.04. The summed E-state index contributed by atoms with van der Waals surface area (Å²) in [6.45, 7) is 13.7. The van der Waals surface area contributed by atoms with Gasteiger partial charge >= 0.3 is 11.9 Å². The minimum Gasteiger partial charge on any atom is -0.465 e. The van der Waals surface area contributed by atoms with Crippen molar-refractivity contribution in [2.24, 2.45) is 11.8 Å². The number of ether oxygens (including phenoxy) is 2. The Balaban J connectivity index is 4.44. The molecule has 0 aromatic rings. The first-order chi connectivity index (χ1) is 28.0. The predicted molar refractivity (Wildman–Crippen MR) is 246 cm³/mol. The molecule has 0 amide bonds. The third kappa shape index (κ3) is 38.5. The lowest BCUT2D eigenvalue weighted by molar-refractivity contribution is -0.150. The normalized spacial score (nSPS) is 12.8. The highest BCUT2D eigenvalue weighted by Gasteiger charge is 2.20. The smallest absolute Gasteiger partial charge is 0.308 e. The van der Waals surface area contributed by atoms with Crippen LogP contribution in [0.15, 0.2) is 12.2 Å². The monoisotopic (exact) mass is 806 g/mol. The van der Waals surface area contributed by atoms with Crippen molar-refractivity contribution in [1.29, 1.82) is 0 Å². The molecule has 6 heteroatoms. The molecule has 2 unspecified atom stereocenters. The second kappa shape index (κ2) is 45.7. The van der Waals surface area contributed by atoms with Crippen LogP contribution in [0.3, 0.4) is 0 Å². The van der Waals surface area contributed by atoms with E-state index >= 15 is 0 Å². The Morgan fingerprint density at radius 2 is 0.789 bits per heavy atom. The Kier molecular flexibility index (Phi) is 44.6. The number of rotatable bonds is 46. The van der Waals surface area contributed by atoms with Crippen molar-refractivity contribution >= 4 is 11.9 Å². The van der Waals surface area contributed by atoms with Crippen LogP contribution in [0.2, 0.25) is 0 Å². The Morgan fingerprint density at radius 1 is 0.456 bits per heavy atom. The van der Waals surface area contributed by atoms with Gasteiger partial charge in [0, 0.05) is 6.61 Å². The van der Waals surface area contributed by atoms with Gasteiger partial charge in [-0.1, -0.05) is 181 Å². The number of allylic oxidation sites excluding steroid dienone is 2. The van der Waals surface area contributed by atoms with Gasteiger partial charge < -0.3 is 19.5 Å². The molecule has 338 valence electrons. The summed E-state index contributed by atoms with van der Waals surface area (Å²) < 4.78 is 11.7. The lowest BCUT2D eigenvalue weighted by Gasteiger charge is -2.22. The molecular weight excluding hydrogens is 707 g/mol. The van der Waals surface area contributed by atoms with E-state index in [1.54, 1.807) is 0 Å². The SMILES string of the molecule is C/C=C/CCCCCC(CCCCCC)C(=O)OCCCCCCN(CCCCCCO)CCCCCCCOC(=O)C(CCCCCC)CCCCCCCC. The molecule has 0 bridgehead atoms. The largest absolute Gasteiger partial charge is 0.465 e. The van der Waals surface area contributed by atoms with Crippen molar-refractivity contribution in [2.75, 3.05) is 39.5 Å². The van der Waals surface area contributed by atoms with Gasteiger partial charge in [-0.15, -0.1) is 0 Å². The molecule has 0 saturated heterocycles. The zero-order valence-corrected chi connectivity index (χ0v) is 38.8. The molecule has 0 aliphatic heterocycles. The van der Waals surface area contributed by atoms with E-state index in [-0.39, 0.29) is 23.8 Å². The third-order valence-corrected chi connectivity index (χ3v) is 11.9. The molecule has 0 spiro atoms. The first-order valence-electron chi connectivity index (χ1n) is 25.3. The lowest BCUT2D eigenvalue weighted by atomic mass is 9.94. The van der Waals surface area contributed by atoms with E-state index in [2.05, 4.69) is 44.7 Å². The van der Waals surface area contributed by atoms with Gasteiger partial charge in [-0.2, -0.15) is 0 Å². The van der Waals surface area contributed by atoms with Crippen molar-refractivity contribution < 1.29 is 24.2 Å². The van der Waals surface area contributed by atoms with Crippen LogP contribution in [0, 0.1) is 11.8 Å². The molecule has 0 aromatic heterocycles. The lowest BCUT2D eigenvalue weighted by Crippen LogP contribution is -2.27. The minimum atomic E-state index is 0.0500. The number of nitrogens with zero attached hydrogens (tertiary/aromatic N) is 1. The second-order valence-corrected chi connectivity index (χ2v) is 17.4. The number of esters is 2. The van der Waals surface area contributed by atoms with Crippen LogP contribution in [0.5, 0.6) is 0 Å². The third-order valence-electron chi connectivity index (χ3n) is 11.9. The molecule has 6 nitrogen and oxygen atoms in total. The Labute approximate surface area is 355 Å². The van der Waals surface area contributed by atoms with Gasteiger partial charge in [0.25, 0.3) is 0 Å². The van der Waals surface area contributed by atoms with E-state index in [4.69, 9.17) is 9.47 Å². The molecule has 0 aliphatic rings. The quantitative estimate of drug-likeness (QED) is 0.0375. The number of hydrogen-bond acceptors (Lipinski definition) is 6. The Hall–Kier alpha value is -1.40. The maximum Gasteiger partial charge on any atom is 0.308 e. The standard InChI is InChI=1S/C51H99NO5/c1-5-9-13-17-20-30-40-48(38-28-15-11-7-3)50(54)56-46-36-26-19-22-32-42-52(43-33-23-25-35-45-53)44-34-24-27-37-47-57-51(55)49(39-29-16-12-8-4)41-31-21-18-14-10-6-2/h6,10,48-49,53H,5,7-9,11-47H2,1-4H3/b10-6+. The summed E-state index contributed by atoms with van der Waals surface area (Å²) >= 11 is 0. The van der Waals surface area contributed by atoms with E-state index < -0.39 is 0 Å². The molecular formula is C51H99NO5. The minimum absolute atomic E-state index is 0.0500. The van der Waals surface area contributed by atoms with Gasteiger partial charge in [-0.25, -0.2) is 0 Å². The molecule has 2 atom stereocenters. The van der Waals surface area contributed by atoms with Gasteiger partial charge in [0.05, 0.1) is 25.0 Å². The summed E-state index contributed by atoms with van der Waals surface area (Å²) in [6.07, 6.45) is 45.0. The molecule has 0 aromatic carbocycles. The first-order valence-corrected chi connectivity index (χ1v) is 25.3. The molecule has 0 rings (SSSR count). The van der Waals surface area contributed by atoms with Crippen molar-refractivity contribution in [2.45, 2.75) is 252 Å².